The number of hydrogen-bond acceptors (Lipinski definition) is 3. The number of nitrogens with one attached hydrogen (secondary N) is 2. The maximum absolute atomic E-state index is 12.1. The quantitative estimate of drug-likeness (QED) is 0.543. The highest BCUT2D eigenvalue weighted by Gasteiger charge is 2.13. The van der Waals surface area contributed by atoms with Crippen molar-refractivity contribution < 1.29 is 14.3 Å². The van der Waals surface area contributed by atoms with E-state index in [9.17, 15) is 9.59 Å². The SMILES string of the molecule is CCc1cccc(CC)c1NC(=O)CC(=O)NCCCOC. The summed E-state index contributed by atoms with van der Waals surface area (Å²) in [6.45, 7) is 5.21. The molecule has 2 amide bonds. The third-order valence-electron chi connectivity index (χ3n) is 3.43. The maximum Gasteiger partial charge on any atom is 0.233 e. The fourth-order valence-corrected chi connectivity index (χ4v) is 2.24. The van der Waals surface area contributed by atoms with E-state index in [1.54, 1.807) is 7.11 Å². The van der Waals surface area contributed by atoms with Crippen molar-refractivity contribution in [3.8, 4) is 0 Å². The molecule has 0 unspecified atom stereocenters. The first-order chi connectivity index (χ1) is 10.6. The van der Waals surface area contributed by atoms with Crippen molar-refractivity contribution in [2.24, 2.45) is 0 Å². The Balaban J connectivity index is 2.56. The van der Waals surface area contributed by atoms with Gasteiger partial charge in [0, 0.05) is 25.9 Å². The molecule has 0 atom stereocenters. The predicted molar refractivity (Wildman–Crippen MR) is 87.9 cm³/mol. The molecule has 0 aliphatic carbocycles. The number of carbonyl (C=O) groups is 2. The molecule has 122 valence electrons. The molecule has 5 nitrogen and oxygen atoms in total. The monoisotopic (exact) mass is 306 g/mol. The first-order valence-corrected chi connectivity index (χ1v) is 7.78. The van der Waals surface area contributed by atoms with Crippen LogP contribution in [-0.4, -0.2) is 32.1 Å². The highest BCUT2D eigenvalue weighted by molar-refractivity contribution is 6.04. The van der Waals surface area contributed by atoms with Crippen molar-refractivity contribution in [3.05, 3.63) is 29.3 Å². The fraction of sp³-hybridized carbons (Fsp3) is 0.529. The molecule has 0 spiro atoms. The van der Waals surface area contributed by atoms with Gasteiger partial charge in [-0.25, -0.2) is 0 Å². The summed E-state index contributed by atoms with van der Waals surface area (Å²) in [7, 11) is 1.62. The summed E-state index contributed by atoms with van der Waals surface area (Å²) in [5, 5.41) is 5.60. The zero-order valence-corrected chi connectivity index (χ0v) is 13.7. The minimum atomic E-state index is -0.278. The number of rotatable bonds is 9. The zero-order valence-electron chi connectivity index (χ0n) is 13.7. The van der Waals surface area contributed by atoms with Crippen molar-refractivity contribution in [1.29, 1.82) is 0 Å². The number of anilines is 1. The first kappa shape index (κ1) is 18.2. The van der Waals surface area contributed by atoms with Crippen LogP contribution in [0.2, 0.25) is 0 Å². The molecule has 1 aromatic rings. The molecule has 22 heavy (non-hydrogen) atoms. The Hall–Kier alpha value is -1.88. The molecule has 0 saturated carbocycles. The summed E-state index contributed by atoms with van der Waals surface area (Å²) in [5.41, 5.74) is 3.03. The second kappa shape index (κ2) is 9.95. The lowest BCUT2D eigenvalue weighted by Gasteiger charge is -2.14. The third-order valence-corrected chi connectivity index (χ3v) is 3.43. The van der Waals surface area contributed by atoms with E-state index in [2.05, 4.69) is 10.6 Å². The molecule has 0 radical (unpaired) electrons. The van der Waals surface area contributed by atoms with Gasteiger partial charge in [0.05, 0.1) is 0 Å². The molecular formula is C17H26N2O3. The predicted octanol–water partition coefficient (Wildman–Crippen LogP) is 2.29. The maximum atomic E-state index is 12.1. The van der Waals surface area contributed by atoms with E-state index >= 15 is 0 Å². The van der Waals surface area contributed by atoms with Gasteiger partial charge in [-0.3, -0.25) is 9.59 Å². The van der Waals surface area contributed by atoms with Gasteiger partial charge < -0.3 is 15.4 Å². The Morgan fingerprint density at radius 2 is 1.73 bits per heavy atom. The highest BCUT2D eigenvalue weighted by atomic mass is 16.5. The Kier molecular flexibility index (Phi) is 8.22. The zero-order chi connectivity index (χ0) is 16.4. The molecule has 5 heteroatoms. The van der Waals surface area contributed by atoms with Crippen LogP contribution in [0.25, 0.3) is 0 Å². The van der Waals surface area contributed by atoms with Crippen LogP contribution in [-0.2, 0) is 27.2 Å². The van der Waals surface area contributed by atoms with Gasteiger partial charge in [-0.15, -0.1) is 0 Å². The van der Waals surface area contributed by atoms with Gasteiger partial charge in [0.1, 0.15) is 6.42 Å². The highest BCUT2D eigenvalue weighted by Crippen LogP contribution is 2.22. The molecule has 0 heterocycles. The molecule has 0 saturated heterocycles. The lowest BCUT2D eigenvalue weighted by molar-refractivity contribution is -0.126. The molecule has 1 rings (SSSR count). The van der Waals surface area contributed by atoms with Crippen LogP contribution in [0.15, 0.2) is 18.2 Å². The van der Waals surface area contributed by atoms with E-state index in [1.165, 1.54) is 0 Å². The first-order valence-electron chi connectivity index (χ1n) is 7.78. The van der Waals surface area contributed by atoms with Crippen molar-refractivity contribution in [2.45, 2.75) is 39.5 Å². The summed E-state index contributed by atoms with van der Waals surface area (Å²) >= 11 is 0. The lowest BCUT2D eigenvalue weighted by Crippen LogP contribution is -2.29. The van der Waals surface area contributed by atoms with E-state index in [-0.39, 0.29) is 18.2 Å². The van der Waals surface area contributed by atoms with Gasteiger partial charge in [-0.1, -0.05) is 32.0 Å². The summed E-state index contributed by atoms with van der Waals surface area (Å²) in [4.78, 5) is 23.8. The number of ether oxygens (including phenoxy) is 1. The number of benzene rings is 1. The third kappa shape index (κ3) is 5.85. The molecule has 1 aromatic carbocycles. The molecule has 0 aliphatic rings. The fourth-order valence-electron chi connectivity index (χ4n) is 2.24. The Bertz CT molecular complexity index is 478. The van der Waals surface area contributed by atoms with E-state index in [0.29, 0.717) is 13.2 Å². The minimum Gasteiger partial charge on any atom is -0.385 e. The summed E-state index contributed by atoms with van der Waals surface area (Å²) in [6.07, 6.45) is 2.26. The van der Waals surface area contributed by atoms with Crippen LogP contribution in [0.3, 0.4) is 0 Å². The standard InChI is InChI=1S/C17H26N2O3/c1-4-13-8-6-9-14(5-2)17(13)19-16(21)12-15(20)18-10-7-11-22-3/h6,8-9H,4-5,7,10-12H2,1-3H3,(H,18,20)(H,19,21). The van der Waals surface area contributed by atoms with E-state index in [1.807, 2.05) is 32.0 Å². The second-order valence-corrected chi connectivity index (χ2v) is 5.08. The van der Waals surface area contributed by atoms with E-state index in [0.717, 1.165) is 36.1 Å². The summed E-state index contributed by atoms with van der Waals surface area (Å²) < 4.78 is 4.90. The average Bonchev–Trinajstić information content (AvgIpc) is 2.51. The average molecular weight is 306 g/mol. The van der Waals surface area contributed by atoms with E-state index in [4.69, 9.17) is 4.74 Å². The summed E-state index contributed by atoms with van der Waals surface area (Å²) in [6, 6.07) is 6.00. The van der Waals surface area contributed by atoms with Gasteiger partial charge in [-0.2, -0.15) is 0 Å². The lowest BCUT2D eigenvalue weighted by atomic mass is 10.0. The van der Waals surface area contributed by atoms with Gasteiger partial charge in [0.25, 0.3) is 0 Å². The molecule has 0 aliphatic heterocycles. The van der Waals surface area contributed by atoms with Crippen LogP contribution in [0.1, 0.15) is 37.8 Å². The van der Waals surface area contributed by atoms with Gasteiger partial charge in [0.15, 0.2) is 0 Å². The normalized spacial score (nSPS) is 10.3. The van der Waals surface area contributed by atoms with Gasteiger partial charge in [-0.05, 0) is 30.4 Å². The van der Waals surface area contributed by atoms with Gasteiger partial charge >= 0.3 is 0 Å². The molecule has 2 N–H and O–H groups in total. The van der Waals surface area contributed by atoms with Crippen LogP contribution < -0.4 is 10.6 Å². The number of carbonyl (C=O) groups excluding carboxylic acids is 2. The molecular weight excluding hydrogens is 280 g/mol. The van der Waals surface area contributed by atoms with Crippen LogP contribution >= 0.6 is 0 Å². The number of para-hydroxylation sites is 1. The number of aryl methyl sites for hydroxylation is 2. The van der Waals surface area contributed by atoms with Crippen LogP contribution in [0.5, 0.6) is 0 Å². The molecule has 0 bridgehead atoms. The Labute approximate surface area is 132 Å². The van der Waals surface area contributed by atoms with Crippen molar-refractivity contribution in [1.82, 2.24) is 5.32 Å². The van der Waals surface area contributed by atoms with E-state index < -0.39 is 0 Å². The Morgan fingerprint density at radius 1 is 1.09 bits per heavy atom. The number of amides is 2. The van der Waals surface area contributed by atoms with Crippen LogP contribution in [0.4, 0.5) is 5.69 Å². The van der Waals surface area contributed by atoms with Crippen LogP contribution in [0, 0.1) is 0 Å². The van der Waals surface area contributed by atoms with Crippen molar-refractivity contribution in [2.75, 3.05) is 25.6 Å². The summed E-state index contributed by atoms with van der Waals surface area (Å²) in [5.74, 6) is -0.541. The molecule has 0 fully saturated rings. The topological polar surface area (TPSA) is 67.4 Å². The number of hydrogen-bond donors (Lipinski definition) is 2. The molecule has 0 aromatic heterocycles. The van der Waals surface area contributed by atoms with Crippen molar-refractivity contribution in [3.63, 3.8) is 0 Å². The smallest absolute Gasteiger partial charge is 0.233 e. The second-order valence-electron chi connectivity index (χ2n) is 5.08. The van der Waals surface area contributed by atoms with Crippen molar-refractivity contribution >= 4 is 17.5 Å². The largest absolute Gasteiger partial charge is 0.385 e. The van der Waals surface area contributed by atoms with Gasteiger partial charge in [0.2, 0.25) is 11.8 Å². The minimum absolute atomic E-state index is 0.159. The Morgan fingerprint density at radius 3 is 2.27 bits per heavy atom. The number of methoxy groups -OCH3 is 1.